The zero-order valence-corrected chi connectivity index (χ0v) is 17.9. The first-order valence-electron chi connectivity index (χ1n) is 10.2. The van der Waals surface area contributed by atoms with Crippen molar-refractivity contribution in [2.75, 3.05) is 0 Å². The molecule has 2 aromatic heterocycles. The molecule has 3 aromatic carbocycles. The maximum absolute atomic E-state index is 9.88. The van der Waals surface area contributed by atoms with Gasteiger partial charge < -0.3 is 14.8 Å². The SMILES string of the molecule is Cc1cccc(Cc2csc(-c3cccc(Oc4ccc5[nH]ccc5c4CO)c3)n2)c1. The number of aromatic amines is 1. The molecular formula is C26H22N2O2S. The Labute approximate surface area is 184 Å². The van der Waals surface area contributed by atoms with Gasteiger partial charge in [0.05, 0.1) is 12.3 Å². The average Bonchev–Trinajstić information content (AvgIpc) is 3.43. The Morgan fingerprint density at radius 3 is 2.81 bits per heavy atom. The number of nitrogens with one attached hydrogen (secondary N) is 1. The zero-order chi connectivity index (χ0) is 21.2. The fourth-order valence-corrected chi connectivity index (χ4v) is 4.62. The van der Waals surface area contributed by atoms with Crippen molar-refractivity contribution >= 4 is 22.2 Å². The molecule has 154 valence electrons. The van der Waals surface area contributed by atoms with Gasteiger partial charge in [0.15, 0.2) is 0 Å². The standard InChI is InChI=1S/C26H22N2O2S/c1-17-4-2-5-18(12-17)13-20-16-31-26(28-20)19-6-3-7-21(14-19)30-25-9-8-24-22(10-11-27-24)23(25)15-29/h2-12,14,16,27,29H,13,15H2,1H3. The molecule has 0 fully saturated rings. The molecule has 4 nitrogen and oxygen atoms in total. The van der Waals surface area contributed by atoms with Gasteiger partial charge in [0.2, 0.25) is 0 Å². The van der Waals surface area contributed by atoms with Crippen LogP contribution in [0.25, 0.3) is 21.5 Å². The summed E-state index contributed by atoms with van der Waals surface area (Å²) in [5.41, 5.74) is 6.38. The van der Waals surface area contributed by atoms with E-state index in [2.05, 4.69) is 41.6 Å². The maximum Gasteiger partial charge on any atom is 0.133 e. The summed E-state index contributed by atoms with van der Waals surface area (Å²) in [6.07, 6.45) is 2.69. The summed E-state index contributed by atoms with van der Waals surface area (Å²) in [4.78, 5) is 8.01. The van der Waals surface area contributed by atoms with Crippen LogP contribution in [0.3, 0.4) is 0 Å². The molecule has 0 spiro atoms. The molecule has 0 atom stereocenters. The van der Waals surface area contributed by atoms with Gasteiger partial charge in [-0.2, -0.15) is 0 Å². The first-order chi connectivity index (χ1) is 15.2. The van der Waals surface area contributed by atoms with E-state index in [1.165, 1.54) is 11.1 Å². The van der Waals surface area contributed by atoms with Crippen molar-refractivity contribution in [3.8, 4) is 22.1 Å². The number of H-pyrrole nitrogens is 1. The van der Waals surface area contributed by atoms with Crippen molar-refractivity contribution in [1.29, 1.82) is 0 Å². The molecule has 0 radical (unpaired) electrons. The largest absolute Gasteiger partial charge is 0.457 e. The topological polar surface area (TPSA) is 58.1 Å². The van der Waals surface area contributed by atoms with Crippen LogP contribution in [0.15, 0.2) is 78.3 Å². The minimum absolute atomic E-state index is 0.0843. The molecule has 0 bridgehead atoms. The van der Waals surface area contributed by atoms with E-state index in [1.807, 2.05) is 48.7 Å². The molecule has 0 aliphatic carbocycles. The Kier molecular flexibility index (Phi) is 5.28. The fraction of sp³-hybridized carbons (Fsp3) is 0.115. The van der Waals surface area contributed by atoms with Crippen LogP contribution in [0.5, 0.6) is 11.5 Å². The Bertz CT molecular complexity index is 1350. The van der Waals surface area contributed by atoms with Crippen LogP contribution in [-0.2, 0) is 13.0 Å². The number of hydrogen-bond acceptors (Lipinski definition) is 4. The quantitative estimate of drug-likeness (QED) is 0.327. The summed E-state index contributed by atoms with van der Waals surface area (Å²) in [6.45, 7) is 2.02. The molecule has 5 heteroatoms. The number of rotatable bonds is 6. The third-order valence-electron chi connectivity index (χ3n) is 5.29. The van der Waals surface area contributed by atoms with Gasteiger partial charge >= 0.3 is 0 Å². The van der Waals surface area contributed by atoms with Gasteiger partial charge in [-0.25, -0.2) is 4.98 Å². The second-order valence-electron chi connectivity index (χ2n) is 7.58. The van der Waals surface area contributed by atoms with E-state index in [1.54, 1.807) is 11.3 Å². The number of hydrogen-bond donors (Lipinski definition) is 2. The third-order valence-corrected chi connectivity index (χ3v) is 6.23. The number of aliphatic hydroxyl groups is 1. The molecule has 0 unspecified atom stereocenters. The third kappa shape index (κ3) is 4.10. The summed E-state index contributed by atoms with van der Waals surface area (Å²) in [5.74, 6) is 1.38. The van der Waals surface area contributed by atoms with Crippen molar-refractivity contribution in [2.24, 2.45) is 0 Å². The number of ether oxygens (including phenoxy) is 1. The van der Waals surface area contributed by atoms with E-state index < -0.39 is 0 Å². The molecule has 0 amide bonds. The lowest BCUT2D eigenvalue weighted by atomic mass is 10.1. The maximum atomic E-state index is 9.88. The lowest BCUT2D eigenvalue weighted by molar-refractivity contribution is 0.278. The van der Waals surface area contributed by atoms with Crippen molar-refractivity contribution < 1.29 is 9.84 Å². The zero-order valence-electron chi connectivity index (χ0n) is 17.1. The molecule has 2 N–H and O–H groups in total. The Morgan fingerprint density at radius 1 is 1.03 bits per heavy atom. The number of aliphatic hydroxyl groups excluding tert-OH is 1. The molecular weight excluding hydrogens is 404 g/mol. The summed E-state index contributed by atoms with van der Waals surface area (Å²) in [6, 6.07) is 22.3. The first kappa shape index (κ1) is 19.5. The Balaban J connectivity index is 1.39. The number of aryl methyl sites for hydroxylation is 1. The molecule has 2 heterocycles. The van der Waals surface area contributed by atoms with Crippen molar-refractivity contribution in [3.05, 3.63) is 101 Å². The minimum atomic E-state index is -0.0843. The summed E-state index contributed by atoms with van der Waals surface area (Å²) >= 11 is 1.64. The van der Waals surface area contributed by atoms with Gasteiger partial charge in [0, 0.05) is 40.0 Å². The highest BCUT2D eigenvalue weighted by molar-refractivity contribution is 7.13. The Hall–Kier alpha value is -3.41. The smallest absolute Gasteiger partial charge is 0.133 e. The average molecular weight is 427 g/mol. The predicted octanol–water partition coefficient (Wildman–Crippen LogP) is 6.48. The monoisotopic (exact) mass is 426 g/mol. The van der Waals surface area contributed by atoms with Gasteiger partial charge in [-0.3, -0.25) is 0 Å². The molecule has 0 saturated heterocycles. The lowest BCUT2D eigenvalue weighted by Gasteiger charge is -2.11. The summed E-state index contributed by atoms with van der Waals surface area (Å²) in [5, 5.41) is 13.9. The Morgan fingerprint density at radius 2 is 1.94 bits per heavy atom. The van der Waals surface area contributed by atoms with Crippen molar-refractivity contribution in [1.82, 2.24) is 9.97 Å². The van der Waals surface area contributed by atoms with Crippen LogP contribution in [0, 0.1) is 6.92 Å². The van der Waals surface area contributed by atoms with Gasteiger partial charge in [-0.05, 0) is 42.8 Å². The normalized spacial score (nSPS) is 11.2. The number of nitrogens with zero attached hydrogens (tertiary/aromatic N) is 1. The number of benzene rings is 3. The van der Waals surface area contributed by atoms with Gasteiger partial charge in [0.25, 0.3) is 0 Å². The minimum Gasteiger partial charge on any atom is -0.457 e. The van der Waals surface area contributed by atoms with E-state index in [0.29, 0.717) is 5.75 Å². The molecule has 0 saturated carbocycles. The van der Waals surface area contributed by atoms with Crippen molar-refractivity contribution in [2.45, 2.75) is 20.0 Å². The van der Waals surface area contributed by atoms with E-state index in [0.717, 1.165) is 44.9 Å². The lowest BCUT2D eigenvalue weighted by Crippen LogP contribution is -1.93. The van der Waals surface area contributed by atoms with Crippen molar-refractivity contribution in [3.63, 3.8) is 0 Å². The van der Waals surface area contributed by atoms with Crippen LogP contribution in [0.1, 0.15) is 22.4 Å². The van der Waals surface area contributed by atoms with E-state index in [4.69, 9.17) is 9.72 Å². The predicted molar refractivity (Wildman–Crippen MR) is 126 cm³/mol. The highest BCUT2D eigenvalue weighted by Crippen LogP contribution is 2.34. The van der Waals surface area contributed by atoms with E-state index >= 15 is 0 Å². The second-order valence-corrected chi connectivity index (χ2v) is 8.44. The van der Waals surface area contributed by atoms with Gasteiger partial charge in [-0.1, -0.05) is 42.0 Å². The van der Waals surface area contributed by atoms with Crippen LogP contribution in [0.4, 0.5) is 0 Å². The number of aromatic nitrogens is 2. The molecule has 0 aliphatic rings. The number of fused-ring (bicyclic) bond motifs is 1. The molecule has 0 aliphatic heterocycles. The van der Waals surface area contributed by atoms with Crippen LogP contribution in [-0.4, -0.2) is 15.1 Å². The highest BCUT2D eigenvalue weighted by atomic mass is 32.1. The molecule has 5 aromatic rings. The first-order valence-corrected chi connectivity index (χ1v) is 11.1. The summed E-state index contributed by atoms with van der Waals surface area (Å²) in [7, 11) is 0. The van der Waals surface area contributed by atoms with Crippen LogP contribution in [0.2, 0.25) is 0 Å². The van der Waals surface area contributed by atoms with Crippen LogP contribution >= 0.6 is 11.3 Å². The van der Waals surface area contributed by atoms with Gasteiger partial charge in [0.1, 0.15) is 16.5 Å². The van der Waals surface area contributed by atoms with Gasteiger partial charge in [-0.15, -0.1) is 11.3 Å². The molecule has 31 heavy (non-hydrogen) atoms. The summed E-state index contributed by atoms with van der Waals surface area (Å²) < 4.78 is 6.16. The number of thiazole rings is 1. The van der Waals surface area contributed by atoms with E-state index in [9.17, 15) is 5.11 Å². The fourth-order valence-electron chi connectivity index (χ4n) is 3.81. The van der Waals surface area contributed by atoms with E-state index in [-0.39, 0.29) is 6.61 Å². The second kappa shape index (κ2) is 8.38. The highest BCUT2D eigenvalue weighted by Gasteiger charge is 2.11. The van der Waals surface area contributed by atoms with Crippen LogP contribution < -0.4 is 4.74 Å². The molecule has 5 rings (SSSR count).